The van der Waals surface area contributed by atoms with Gasteiger partial charge in [0.15, 0.2) is 0 Å². The van der Waals surface area contributed by atoms with Gasteiger partial charge in [-0.05, 0) is 25.7 Å². The van der Waals surface area contributed by atoms with Crippen LogP contribution in [-0.2, 0) is 0 Å². The highest BCUT2D eigenvalue weighted by Crippen LogP contribution is 2.27. The van der Waals surface area contributed by atoms with Crippen LogP contribution in [0.5, 0.6) is 0 Å². The molecular weight excluding hydrogens is 238 g/mol. The molecular formula is C15H27N3O. The number of amides is 2. The third-order valence-corrected chi connectivity index (χ3v) is 4.85. The molecule has 0 aromatic rings. The first kappa shape index (κ1) is 13.2. The topological polar surface area (TPSA) is 35.6 Å². The normalized spacial score (nSPS) is 27.1. The maximum Gasteiger partial charge on any atom is 0.317 e. The predicted octanol–water partition coefficient (Wildman–Crippen LogP) is 2.20. The van der Waals surface area contributed by atoms with Gasteiger partial charge in [0.25, 0.3) is 0 Å². The summed E-state index contributed by atoms with van der Waals surface area (Å²) in [6.07, 6.45) is 10.3. The summed E-state index contributed by atoms with van der Waals surface area (Å²) in [5, 5.41) is 3.26. The van der Waals surface area contributed by atoms with Gasteiger partial charge in [-0.1, -0.05) is 25.7 Å². The number of nitrogens with one attached hydrogen (secondary N) is 1. The fourth-order valence-electron chi connectivity index (χ4n) is 3.42. The van der Waals surface area contributed by atoms with Crippen LogP contribution < -0.4 is 5.32 Å². The molecule has 1 aliphatic heterocycles. The zero-order valence-electron chi connectivity index (χ0n) is 11.9. The van der Waals surface area contributed by atoms with E-state index in [4.69, 9.17) is 0 Å². The van der Waals surface area contributed by atoms with E-state index in [9.17, 15) is 4.79 Å². The van der Waals surface area contributed by atoms with Crippen molar-refractivity contribution in [3.63, 3.8) is 0 Å². The average molecular weight is 265 g/mol. The van der Waals surface area contributed by atoms with Crippen molar-refractivity contribution >= 4 is 6.03 Å². The highest BCUT2D eigenvalue weighted by atomic mass is 16.2. The SMILES string of the molecule is O=C(NC1CCCCCC1)N1CCN(C2CC2)CC1. The zero-order chi connectivity index (χ0) is 13.1. The summed E-state index contributed by atoms with van der Waals surface area (Å²) in [5.74, 6) is 0. The molecule has 0 atom stereocenters. The molecule has 1 saturated heterocycles. The van der Waals surface area contributed by atoms with Gasteiger partial charge in [-0.15, -0.1) is 0 Å². The van der Waals surface area contributed by atoms with Crippen LogP contribution in [0.2, 0.25) is 0 Å². The number of hydrogen-bond acceptors (Lipinski definition) is 2. The molecule has 2 aliphatic carbocycles. The summed E-state index contributed by atoms with van der Waals surface area (Å²) in [5.41, 5.74) is 0. The van der Waals surface area contributed by atoms with Gasteiger partial charge in [-0.2, -0.15) is 0 Å². The standard InChI is InChI=1S/C15H27N3O/c19-15(16-13-5-3-1-2-4-6-13)18-11-9-17(10-12-18)14-7-8-14/h13-14H,1-12H2,(H,16,19). The summed E-state index contributed by atoms with van der Waals surface area (Å²) in [6, 6.07) is 1.45. The first-order valence-electron chi connectivity index (χ1n) is 8.12. The minimum Gasteiger partial charge on any atom is -0.335 e. The van der Waals surface area contributed by atoms with Crippen molar-refractivity contribution in [2.75, 3.05) is 26.2 Å². The molecule has 19 heavy (non-hydrogen) atoms. The molecule has 0 spiro atoms. The van der Waals surface area contributed by atoms with Crippen molar-refractivity contribution in [1.82, 2.24) is 15.1 Å². The zero-order valence-corrected chi connectivity index (χ0v) is 11.9. The van der Waals surface area contributed by atoms with E-state index >= 15 is 0 Å². The molecule has 3 rings (SSSR count). The van der Waals surface area contributed by atoms with Crippen LogP contribution in [-0.4, -0.2) is 54.1 Å². The molecule has 2 amide bonds. The summed E-state index contributed by atoms with van der Waals surface area (Å²) in [4.78, 5) is 16.8. The van der Waals surface area contributed by atoms with Gasteiger partial charge >= 0.3 is 6.03 Å². The Morgan fingerprint density at radius 3 is 2.05 bits per heavy atom. The lowest BCUT2D eigenvalue weighted by Gasteiger charge is -2.35. The van der Waals surface area contributed by atoms with Crippen LogP contribution in [0, 0.1) is 0 Å². The van der Waals surface area contributed by atoms with Crippen molar-refractivity contribution in [2.45, 2.75) is 63.5 Å². The fourth-order valence-corrected chi connectivity index (χ4v) is 3.42. The number of piperazine rings is 1. The Labute approximate surface area is 116 Å². The molecule has 0 radical (unpaired) electrons. The second-order valence-electron chi connectivity index (χ2n) is 6.39. The fraction of sp³-hybridized carbons (Fsp3) is 0.933. The highest BCUT2D eigenvalue weighted by molar-refractivity contribution is 5.74. The Morgan fingerprint density at radius 1 is 0.842 bits per heavy atom. The first-order valence-corrected chi connectivity index (χ1v) is 8.12. The highest BCUT2D eigenvalue weighted by Gasteiger charge is 2.32. The van der Waals surface area contributed by atoms with Crippen LogP contribution >= 0.6 is 0 Å². The van der Waals surface area contributed by atoms with E-state index < -0.39 is 0 Å². The molecule has 0 aromatic carbocycles. The molecule has 4 heteroatoms. The molecule has 0 aromatic heterocycles. The average Bonchev–Trinajstić information content (AvgIpc) is 3.27. The van der Waals surface area contributed by atoms with E-state index in [1.54, 1.807) is 0 Å². The molecule has 1 N–H and O–H groups in total. The quantitative estimate of drug-likeness (QED) is 0.777. The van der Waals surface area contributed by atoms with Gasteiger partial charge in [-0.25, -0.2) is 4.79 Å². The molecule has 2 saturated carbocycles. The second-order valence-corrected chi connectivity index (χ2v) is 6.39. The van der Waals surface area contributed by atoms with Gasteiger partial charge in [0.05, 0.1) is 0 Å². The van der Waals surface area contributed by atoms with Crippen LogP contribution in [0.25, 0.3) is 0 Å². The maximum absolute atomic E-state index is 12.3. The molecule has 0 unspecified atom stereocenters. The van der Waals surface area contributed by atoms with Gasteiger partial charge in [0, 0.05) is 38.3 Å². The van der Waals surface area contributed by atoms with Crippen molar-refractivity contribution in [3.8, 4) is 0 Å². The van der Waals surface area contributed by atoms with Crippen molar-refractivity contribution in [3.05, 3.63) is 0 Å². The minimum absolute atomic E-state index is 0.183. The second kappa shape index (κ2) is 6.12. The lowest BCUT2D eigenvalue weighted by Crippen LogP contribution is -2.53. The molecule has 1 heterocycles. The minimum atomic E-state index is 0.183. The van der Waals surface area contributed by atoms with Crippen LogP contribution in [0.4, 0.5) is 4.79 Å². The van der Waals surface area contributed by atoms with Crippen molar-refractivity contribution < 1.29 is 4.79 Å². The number of hydrogen-bond donors (Lipinski definition) is 1. The van der Waals surface area contributed by atoms with E-state index in [0.29, 0.717) is 6.04 Å². The van der Waals surface area contributed by atoms with Crippen LogP contribution in [0.15, 0.2) is 0 Å². The molecule has 3 fully saturated rings. The molecule has 0 bridgehead atoms. The smallest absolute Gasteiger partial charge is 0.317 e. The summed E-state index contributed by atoms with van der Waals surface area (Å²) in [7, 11) is 0. The summed E-state index contributed by atoms with van der Waals surface area (Å²) in [6.45, 7) is 3.97. The maximum atomic E-state index is 12.3. The van der Waals surface area contributed by atoms with Gasteiger partial charge in [0.2, 0.25) is 0 Å². The van der Waals surface area contributed by atoms with E-state index in [2.05, 4.69) is 10.2 Å². The van der Waals surface area contributed by atoms with Crippen LogP contribution in [0.3, 0.4) is 0 Å². The van der Waals surface area contributed by atoms with Crippen molar-refractivity contribution in [2.24, 2.45) is 0 Å². The Morgan fingerprint density at radius 2 is 1.47 bits per heavy atom. The molecule has 4 nitrogen and oxygen atoms in total. The first-order chi connectivity index (χ1) is 9.33. The number of carbonyl (C=O) groups excluding carboxylic acids is 1. The number of carbonyl (C=O) groups is 1. The van der Waals surface area contributed by atoms with Crippen LogP contribution in [0.1, 0.15) is 51.4 Å². The lowest BCUT2D eigenvalue weighted by atomic mass is 10.1. The summed E-state index contributed by atoms with van der Waals surface area (Å²) < 4.78 is 0. The van der Waals surface area contributed by atoms with E-state index in [0.717, 1.165) is 32.2 Å². The van der Waals surface area contributed by atoms with Gasteiger partial charge < -0.3 is 10.2 Å². The predicted molar refractivity (Wildman–Crippen MR) is 76.2 cm³/mol. The largest absolute Gasteiger partial charge is 0.335 e. The Kier molecular flexibility index (Phi) is 4.26. The summed E-state index contributed by atoms with van der Waals surface area (Å²) >= 11 is 0. The molecule has 3 aliphatic rings. The number of nitrogens with zero attached hydrogens (tertiary/aromatic N) is 2. The van der Waals surface area contributed by atoms with E-state index in [-0.39, 0.29) is 6.03 Å². The Bertz CT molecular complexity index is 301. The van der Waals surface area contributed by atoms with Crippen molar-refractivity contribution in [1.29, 1.82) is 0 Å². The number of rotatable bonds is 2. The van der Waals surface area contributed by atoms with E-state index in [1.807, 2.05) is 4.90 Å². The molecule has 108 valence electrons. The van der Waals surface area contributed by atoms with Gasteiger partial charge in [0.1, 0.15) is 0 Å². The third kappa shape index (κ3) is 3.62. The van der Waals surface area contributed by atoms with Gasteiger partial charge in [-0.3, -0.25) is 4.90 Å². The lowest BCUT2D eigenvalue weighted by molar-refractivity contribution is 0.132. The third-order valence-electron chi connectivity index (χ3n) is 4.85. The Balaban J connectivity index is 1.42. The van der Waals surface area contributed by atoms with E-state index in [1.165, 1.54) is 51.4 Å². The Hall–Kier alpha value is -0.770. The monoisotopic (exact) mass is 265 g/mol. The number of urea groups is 1.